The van der Waals surface area contributed by atoms with Crippen molar-refractivity contribution in [3.8, 4) is 5.75 Å². The molecular formula is C25H26ClN3O4S. The van der Waals surface area contributed by atoms with Gasteiger partial charge in [0.1, 0.15) is 18.9 Å². The molecule has 0 saturated heterocycles. The van der Waals surface area contributed by atoms with E-state index < -0.39 is 15.9 Å². The zero-order chi connectivity index (χ0) is 24.7. The summed E-state index contributed by atoms with van der Waals surface area (Å²) < 4.78 is 31.3. The molecule has 0 fully saturated rings. The van der Waals surface area contributed by atoms with Crippen LogP contribution in [0.4, 0.5) is 5.69 Å². The first-order valence-corrected chi connectivity index (χ1v) is 12.7. The minimum atomic E-state index is -3.66. The van der Waals surface area contributed by atoms with E-state index >= 15 is 0 Å². The zero-order valence-corrected chi connectivity index (χ0v) is 20.7. The molecule has 1 N–H and O–H groups in total. The van der Waals surface area contributed by atoms with Crippen molar-refractivity contribution >= 4 is 39.4 Å². The number of benzene rings is 3. The predicted octanol–water partition coefficient (Wildman–Crippen LogP) is 4.45. The molecule has 9 heteroatoms. The molecule has 1 amide bonds. The number of hydrazone groups is 1. The van der Waals surface area contributed by atoms with Gasteiger partial charge in [-0.3, -0.25) is 9.10 Å². The third-order valence-corrected chi connectivity index (χ3v) is 6.18. The lowest BCUT2D eigenvalue weighted by Crippen LogP contribution is -2.39. The molecule has 0 spiro atoms. The summed E-state index contributed by atoms with van der Waals surface area (Å²) in [5.41, 5.74) is 6.38. The highest BCUT2D eigenvalue weighted by molar-refractivity contribution is 7.92. The van der Waals surface area contributed by atoms with Gasteiger partial charge in [-0.1, -0.05) is 29.8 Å². The van der Waals surface area contributed by atoms with Gasteiger partial charge in [0, 0.05) is 5.02 Å². The molecule has 3 aromatic rings. The smallest absolute Gasteiger partial charge is 0.260 e. The average Bonchev–Trinajstić information content (AvgIpc) is 2.76. The Morgan fingerprint density at radius 3 is 2.24 bits per heavy atom. The lowest BCUT2D eigenvalue weighted by atomic mass is 10.1. The maximum absolute atomic E-state index is 12.4. The van der Waals surface area contributed by atoms with Gasteiger partial charge in [-0.05, 0) is 84.6 Å². The van der Waals surface area contributed by atoms with Crippen LogP contribution < -0.4 is 14.5 Å². The highest BCUT2D eigenvalue weighted by atomic mass is 35.5. The molecule has 0 aliphatic carbocycles. The van der Waals surface area contributed by atoms with Crippen LogP contribution in [0.5, 0.6) is 5.75 Å². The average molecular weight is 500 g/mol. The first-order valence-electron chi connectivity index (χ1n) is 10.5. The number of amides is 1. The van der Waals surface area contributed by atoms with E-state index in [-0.39, 0.29) is 6.54 Å². The molecule has 0 atom stereocenters. The third kappa shape index (κ3) is 7.60. The van der Waals surface area contributed by atoms with Gasteiger partial charge in [0.2, 0.25) is 10.0 Å². The summed E-state index contributed by atoms with van der Waals surface area (Å²) in [5.74, 6) is 0.136. The van der Waals surface area contributed by atoms with Gasteiger partial charge < -0.3 is 4.74 Å². The Kier molecular flexibility index (Phi) is 8.31. The molecule has 3 aromatic carbocycles. The molecule has 0 bridgehead atoms. The highest BCUT2D eigenvalue weighted by Crippen LogP contribution is 2.21. The molecular weight excluding hydrogens is 474 g/mol. The number of aryl methyl sites for hydroxylation is 2. The fourth-order valence-corrected chi connectivity index (χ4v) is 4.20. The van der Waals surface area contributed by atoms with Gasteiger partial charge in [0.05, 0.1) is 18.2 Å². The number of hydrogen-bond acceptors (Lipinski definition) is 5. The largest absolute Gasteiger partial charge is 0.489 e. The Bertz CT molecular complexity index is 1250. The number of carbonyl (C=O) groups excluding carboxylic acids is 1. The number of rotatable bonds is 9. The van der Waals surface area contributed by atoms with Crippen molar-refractivity contribution in [1.82, 2.24) is 5.43 Å². The van der Waals surface area contributed by atoms with Crippen molar-refractivity contribution in [3.05, 3.63) is 94.0 Å². The van der Waals surface area contributed by atoms with E-state index in [1.165, 1.54) is 6.21 Å². The van der Waals surface area contributed by atoms with Crippen LogP contribution in [0.25, 0.3) is 0 Å². The minimum Gasteiger partial charge on any atom is -0.489 e. The topological polar surface area (TPSA) is 88.1 Å². The quantitative estimate of drug-likeness (QED) is 0.348. The third-order valence-electron chi connectivity index (χ3n) is 4.78. The van der Waals surface area contributed by atoms with Crippen molar-refractivity contribution in [2.24, 2.45) is 5.10 Å². The Labute approximate surface area is 205 Å². The van der Waals surface area contributed by atoms with Crippen LogP contribution in [0.15, 0.2) is 71.8 Å². The normalized spacial score (nSPS) is 11.4. The van der Waals surface area contributed by atoms with Crippen LogP contribution in [0, 0.1) is 13.8 Å². The predicted molar refractivity (Wildman–Crippen MR) is 136 cm³/mol. The van der Waals surface area contributed by atoms with Gasteiger partial charge in [-0.25, -0.2) is 13.8 Å². The van der Waals surface area contributed by atoms with Crippen molar-refractivity contribution in [3.63, 3.8) is 0 Å². The number of carbonyl (C=O) groups is 1. The Morgan fingerprint density at radius 2 is 1.65 bits per heavy atom. The second-order valence-corrected chi connectivity index (χ2v) is 10.2. The van der Waals surface area contributed by atoms with Crippen LogP contribution in [0.2, 0.25) is 5.02 Å². The van der Waals surface area contributed by atoms with Crippen LogP contribution in [-0.2, 0) is 21.4 Å². The molecule has 7 nitrogen and oxygen atoms in total. The van der Waals surface area contributed by atoms with Crippen molar-refractivity contribution in [2.75, 3.05) is 17.1 Å². The van der Waals surface area contributed by atoms with E-state index in [0.717, 1.165) is 32.8 Å². The molecule has 0 unspecified atom stereocenters. The van der Waals surface area contributed by atoms with Crippen LogP contribution in [0.3, 0.4) is 0 Å². The molecule has 178 valence electrons. The molecule has 0 aliphatic rings. The van der Waals surface area contributed by atoms with Gasteiger partial charge in [0.15, 0.2) is 0 Å². The first-order chi connectivity index (χ1) is 16.1. The van der Waals surface area contributed by atoms with E-state index in [4.69, 9.17) is 16.3 Å². The Morgan fingerprint density at radius 1 is 1.03 bits per heavy atom. The fraction of sp³-hybridized carbons (Fsp3) is 0.200. The number of nitrogens with zero attached hydrogens (tertiary/aromatic N) is 2. The van der Waals surface area contributed by atoms with E-state index in [1.54, 1.807) is 36.4 Å². The Hall–Kier alpha value is -3.36. The maximum atomic E-state index is 12.4. The van der Waals surface area contributed by atoms with E-state index in [2.05, 4.69) is 10.5 Å². The van der Waals surface area contributed by atoms with Gasteiger partial charge in [0.25, 0.3) is 5.91 Å². The molecule has 0 heterocycles. The number of halogens is 1. The van der Waals surface area contributed by atoms with Gasteiger partial charge in [-0.2, -0.15) is 5.10 Å². The summed E-state index contributed by atoms with van der Waals surface area (Å²) in [6.45, 7) is 3.78. The summed E-state index contributed by atoms with van der Waals surface area (Å²) in [6, 6.07) is 20.0. The number of hydrogen-bond donors (Lipinski definition) is 1. The van der Waals surface area contributed by atoms with Crippen molar-refractivity contribution in [1.29, 1.82) is 0 Å². The summed E-state index contributed by atoms with van der Waals surface area (Å²) in [6.07, 6.45) is 2.54. The monoisotopic (exact) mass is 499 g/mol. The first kappa shape index (κ1) is 25.3. The standard InChI is InChI=1S/C25H26ClN3O4S/c1-18-12-19(2)14-23(13-18)29(34(3,31)32)16-25(30)28-27-15-20-6-10-24(11-7-20)33-17-21-4-8-22(26)9-5-21/h4-15H,16-17H2,1-3H3,(H,28,30)/b27-15-. The Balaban J connectivity index is 1.56. The number of ether oxygens (including phenoxy) is 1. The maximum Gasteiger partial charge on any atom is 0.260 e. The lowest BCUT2D eigenvalue weighted by Gasteiger charge is -2.22. The molecule has 0 saturated carbocycles. The summed E-state index contributed by atoms with van der Waals surface area (Å²) in [7, 11) is -3.66. The van der Waals surface area contributed by atoms with Crippen molar-refractivity contribution in [2.45, 2.75) is 20.5 Å². The van der Waals surface area contributed by atoms with Gasteiger partial charge >= 0.3 is 0 Å². The molecule has 34 heavy (non-hydrogen) atoms. The van der Waals surface area contributed by atoms with Gasteiger partial charge in [-0.15, -0.1) is 0 Å². The molecule has 0 aromatic heterocycles. The zero-order valence-electron chi connectivity index (χ0n) is 19.2. The molecule has 0 aliphatic heterocycles. The van der Waals surface area contributed by atoms with Crippen LogP contribution in [0.1, 0.15) is 22.3 Å². The van der Waals surface area contributed by atoms with Crippen molar-refractivity contribution < 1.29 is 17.9 Å². The number of anilines is 1. The fourth-order valence-electron chi connectivity index (χ4n) is 3.24. The number of sulfonamides is 1. The summed E-state index contributed by atoms with van der Waals surface area (Å²) in [5, 5.41) is 4.61. The summed E-state index contributed by atoms with van der Waals surface area (Å²) >= 11 is 5.88. The van der Waals surface area contributed by atoms with E-state index in [9.17, 15) is 13.2 Å². The highest BCUT2D eigenvalue weighted by Gasteiger charge is 2.21. The van der Waals surface area contributed by atoms with Crippen LogP contribution in [-0.4, -0.2) is 33.3 Å². The second kappa shape index (κ2) is 11.2. The molecule has 3 rings (SSSR count). The van der Waals surface area contributed by atoms with Crippen LogP contribution >= 0.6 is 11.6 Å². The number of nitrogens with one attached hydrogen (secondary N) is 1. The molecule has 0 radical (unpaired) electrons. The second-order valence-electron chi connectivity index (χ2n) is 7.89. The van der Waals surface area contributed by atoms with E-state index in [0.29, 0.717) is 23.1 Å². The minimum absolute atomic E-state index is 0.378. The SMILES string of the molecule is Cc1cc(C)cc(N(CC(=O)N/N=C\c2ccc(OCc3ccc(Cl)cc3)cc2)S(C)(=O)=O)c1. The lowest BCUT2D eigenvalue weighted by molar-refractivity contribution is -0.119. The summed E-state index contributed by atoms with van der Waals surface area (Å²) in [4.78, 5) is 12.4. The van der Waals surface area contributed by atoms with E-state index in [1.807, 2.05) is 44.2 Å².